The Balaban J connectivity index is 1.45. The Kier molecular flexibility index (Phi) is 6.35. The van der Waals surface area contributed by atoms with Gasteiger partial charge in [-0.1, -0.05) is 0 Å². The summed E-state index contributed by atoms with van der Waals surface area (Å²) in [6.45, 7) is 6.01. The monoisotopic (exact) mass is 512 g/mol. The van der Waals surface area contributed by atoms with Gasteiger partial charge in [0.15, 0.2) is 23.3 Å². The van der Waals surface area contributed by atoms with Crippen LogP contribution < -0.4 is 20.9 Å². The first-order valence-electron chi connectivity index (χ1n) is 12.8. The van der Waals surface area contributed by atoms with E-state index in [2.05, 4.69) is 61.8 Å². The second-order valence-electron chi connectivity index (χ2n) is 10.2. The fourth-order valence-electron chi connectivity index (χ4n) is 5.63. The van der Waals surface area contributed by atoms with Crippen LogP contribution in [0.1, 0.15) is 38.6 Å². The predicted octanol–water partition coefficient (Wildman–Crippen LogP) is 2.66. The van der Waals surface area contributed by atoms with Crippen LogP contribution >= 0.6 is 0 Å². The van der Waals surface area contributed by atoms with Gasteiger partial charge in [0.2, 0.25) is 5.95 Å². The van der Waals surface area contributed by atoms with Crippen LogP contribution in [-0.2, 0) is 16.1 Å². The van der Waals surface area contributed by atoms with Crippen LogP contribution in [0, 0.1) is 0 Å². The van der Waals surface area contributed by atoms with Crippen molar-refractivity contribution in [2.24, 2.45) is 0 Å². The van der Waals surface area contributed by atoms with Crippen molar-refractivity contribution in [3.63, 3.8) is 0 Å². The molecule has 1 saturated heterocycles. The molecule has 198 valence electrons. The number of aromatic nitrogens is 4. The highest BCUT2D eigenvalue weighted by Gasteiger charge is 2.37. The van der Waals surface area contributed by atoms with Gasteiger partial charge in [0.25, 0.3) is 0 Å². The Morgan fingerprint density at radius 3 is 2.73 bits per heavy atom. The van der Waals surface area contributed by atoms with Gasteiger partial charge in [-0.15, -0.1) is 0 Å². The molecule has 2 fully saturated rings. The summed E-state index contributed by atoms with van der Waals surface area (Å²) in [6.07, 6.45) is -0.290. The summed E-state index contributed by atoms with van der Waals surface area (Å²) in [7, 11) is 1.76. The van der Waals surface area contributed by atoms with E-state index in [1.165, 1.54) is 10.9 Å². The molecule has 2 aromatic heterocycles. The lowest BCUT2D eigenvalue weighted by molar-refractivity contribution is -0.00768. The van der Waals surface area contributed by atoms with Gasteiger partial charge < -0.3 is 30.1 Å². The molecule has 1 unspecified atom stereocenters. The lowest BCUT2D eigenvalue weighted by Crippen LogP contribution is -2.45. The molecule has 0 radical (unpaired) electrons. The van der Waals surface area contributed by atoms with Crippen molar-refractivity contribution < 1.29 is 19.0 Å². The Labute approximate surface area is 214 Å². The third-order valence-corrected chi connectivity index (χ3v) is 7.21. The smallest absolute Gasteiger partial charge is 0.231 e. The summed E-state index contributed by atoms with van der Waals surface area (Å²) >= 11 is 0. The van der Waals surface area contributed by atoms with E-state index in [0.717, 1.165) is 30.0 Å². The van der Waals surface area contributed by atoms with E-state index >= 15 is 0 Å². The minimum Gasteiger partial charge on any atom is -0.372 e. The van der Waals surface area contributed by atoms with Crippen LogP contribution in [0.5, 0.6) is 0 Å². The molecule has 4 N–H and O–H groups in total. The minimum atomic E-state index is -1.16. The van der Waals surface area contributed by atoms with E-state index in [4.69, 9.17) is 9.47 Å². The number of benzene rings is 1. The van der Waals surface area contributed by atoms with E-state index in [0.29, 0.717) is 29.5 Å². The van der Waals surface area contributed by atoms with Crippen LogP contribution in [0.25, 0.3) is 11.2 Å². The third-order valence-electron chi connectivity index (χ3n) is 7.21. The normalized spacial score (nSPS) is 30.1. The lowest BCUT2D eigenvalue weighted by Gasteiger charge is -2.37. The number of aliphatic hydroxyl groups is 1. The molecule has 6 atom stereocenters. The van der Waals surface area contributed by atoms with Crippen LogP contribution in [-0.4, -0.2) is 75.3 Å². The van der Waals surface area contributed by atoms with Crippen molar-refractivity contribution in [1.82, 2.24) is 24.8 Å². The number of fused-ring (bicyclic) bond motifs is 4. The number of aliphatic hydroxyl groups excluding tert-OH is 1. The molecular weight excluding hydrogens is 479 g/mol. The van der Waals surface area contributed by atoms with Crippen LogP contribution in [0.4, 0.5) is 27.5 Å². The number of anilines is 4. The maximum absolute atomic E-state index is 14.5. The fourth-order valence-corrected chi connectivity index (χ4v) is 5.63. The first-order valence-corrected chi connectivity index (χ1v) is 12.8. The van der Waals surface area contributed by atoms with E-state index in [1.807, 2.05) is 6.07 Å². The van der Waals surface area contributed by atoms with Crippen molar-refractivity contribution in [3.05, 3.63) is 30.1 Å². The molecule has 11 nitrogen and oxygen atoms in total. The number of alkyl halides is 1. The number of rotatable bonds is 2. The maximum Gasteiger partial charge on any atom is 0.231 e. The Morgan fingerprint density at radius 2 is 1.95 bits per heavy atom. The molecule has 4 heterocycles. The quantitative estimate of drug-likeness (QED) is 0.408. The molecule has 1 aliphatic carbocycles. The first kappa shape index (κ1) is 24.3. The Morgan fingerprint density at radius 1 is 1.14 bits per heavy atom. The molecule has 12 heteroatoms. The van der Waals surface area contributed by atoms with E-state index < -0.39 is 12.5 Å². The molecule has 3 aliphatic rings. The van der Waals surface area contributed by atoms with Crippen LogP contribution in [0.15, 0.2) is 24.5 Å². The number of hydrogen-bond acceptors (Lipinski definition) is 10. The van der Waals surface area contributed by atoms with Crippen molar-refractivity contribution in [2.45, 2.75) is 70.2 Å². The topological polar surface area (TPSA) is 122 Å². The molecule has 2 aliphatic heterocycles. The summed E-state index contributed by atoms with van der Waals surface area (Å²) in [5.41, 5.74) is 3.76. The largest absolute Gasteiger partial charge is 0.372 e. The second kappa shape index (κ2) is 9.67. The average Bonchev–Trinajstić information content (AvgIpc) is 3.44. The zero-order valence-electron chi connectivity index (χ0n) is 21.2. The van der Waals surface area contributed by atoms with Crippen molar-refractivity contribution in [1.29, 1.82) is 0 Å². The van der Waals surface area contributed by atoms with Crippen molar-refractivity contribution in [3.8, 4) is 0 Å². The summed E-state index contributed by atoms with van der Waals surface area (Å²) in [5, 5.41) is 20.5. The number of hydrogen-bond donors (Lipinski definition) is 4. The average molecular weight is 513 g/mol. The fraction of sp³-hybridized carbons (Fsp3) is 0.560. The summed E-state index contributed by atoms with van der Waals surface area (Å²) in [6, 6.07) is 5.82. The summed E-state index contributed by atoms with van der Waals surface area (Å²) < 4.78 is 28.2. The molecule has 3 aromatic rings. The molecule has 6 rings (SSSR count). The highest BCUT2D eigenvalue weighted by molar-refractivity contribution is 5.84. The number of imidazole rings is 1. The molecular formula is C25H33FN8O3. The zero-order valence-corrected chi connectivity index (χ0v) is 21.2. The second-order valence-corrected chi connectivity index (χ2v) is 10.2. The van der Waals surface area contributed by atoms with Gasteiger partial charge in [0.1, 0.15) is 12.5 Å². The van der Waals surface area contributed by atoms with Crippen molar-refractivity contribution >= 4 is 34.3 Å². The highest BCUT2D eigenvalue weighted by Crippen LogP contribution is 2.32. The molecule has 1 saturated carbocycles. The minimum absolute atomic E-state index is 0.111. The van der Waals surface area contributed by atoms with Gasteiger partial charge in [-0.3, -0.25) is 9.88 Å². The SMILES string of the molecule is CNc1nc2nc3c1ncn3C(O)N[C@@H]1C[C@@H](F)C[C@H]1OCc1cc(cc(N3C[C@@H](C)O[C@@H](C)C3)c1)N2. The first-order chi connectivity index (χ1) is 17.9. The molecule has 37 heavy (non-hydrogen) atoms. The van der Waals surface area contributed by atoms with Gasteiger partial charge in [-0.2, -0.15) is 9.97 Å². The van der Waals surface area contributed by atoms with E-state index in [9.17, 15) is 9.50 Å². The summed E-state index contributed by atoms with van der Waals surface area (Å²) in [4.78, 5) is 16.0. The third kappa shape index (κ3) is 4.81. The van der Waals surface area contributed by atoms with Gasteiger partial charge >= 0.3 is 0 Å². The number of morpholine rings is 1. The van der Waals surface area contributed by atoms with E-state index in [1.54, 1.807) is 7.05 Å². The standard InChI is InChI=1S/C25H33FN8O3/c1-13-9-33(10-14(2)37-13)18-5-15-4-17(8-18)29-24-31-22(27-3)21-23(32-24)34(12-28-21)25(35)30-19-6-16(26)7-20(19)36-11-15/h4-5,8,12-14,16,19-20,25,30,35H,6-7,9-11H2,1-3H3,(H2,27,29,31,32)/t13-,14+,16-,19-,20-,25?/m1/s1. The maximum atomic E-state index is 14.5. The van der Waals surface area contributed by atoms with Gasteiger partial charge in [-0.05, 0) is 44.0 Å². The zero-order chi connectivity index (χ0) is 25.7. The number of halogens is 1. The molecule has 1 aromatic carbocycles. The van der Waals surface area contributed by atoms with Gasteiger partial charge in [0.05, 0.1) is 24.9 Å². The van der Waals surface area contributed by atoms with Gasteiger partial charge in [0, 0.05) is 44.0 Å². The molecule has 4 bridgehead atoms. The van der Waals surface area contributed by atoms with Crippen LogP contribution in [0.3, 0.4) is 0 Å². The Hall–Kier alpha value is -3.06. The Bertz CT molecular complexity index is 1280. The van der Waals surface area contributed by atoms with E-state index in [-0.39, 0.29) is 37.2 Å². The predicted molar refractivity (Wildman–Crippen MR) is 138 cm³/mol. The highest BCUT2D eigenvalue weighted by atomic mass is 19.1. The molecule has 0 amide bonds. The summed E-state index contributed by atoms with van der Waals surface area (Å²) in [5.74, 6) is 0.891. The molecule has 0 spiro atoms. The van der Waals surface area contributed by atoms with Crippen molar-refractivity contribution in [2.75, 3.05) is 35.7 Å². The number of nitrogens with zero attached hydrogens (tertiary/aromatic N) is 5. The van der Waals surface area contributed by atoms with Crippen LogP contribution in [0.2, 0.25) is 0 Å². The number of ether oxygens (including phenoxy) is 2. The lowest BCUT2D eigenvalue weighted by atomic mass is 10.1. The number of nitrogens with one attached hydrogen (secondary N) is 3. The van der Waals surface area contributed by atoms with Gasteiger partial charge in [-0.25, -0.2) is 9.37 Å².